The molecule has 21 heavy (non-hydrogen) atoms. The van der Waals surface area contributed by atoms with Crippen LogP contribution in [0.25, 0.3) is 10.9 Å². The molecule has 0 aliphatic heterocycles. The molecule has 0 saturated heterocycles. The maximum absolute atomic E-state index is 13.3. The molecule has 3 rings (SSSR count). The van der Waals surface area contributed by atoms with Crippen molar-refractivity contribution in [2.24, 2.45) is 0 Å². The Morgan fingerprint density at radius 3 is 2.81 bits per heavy atom. The molecule has 1 aromatic heterocycles. The van der Waals surface area contributed by atoms with E-state index in [0.717, 1.165) is 23.1 Å². The first-order valence-corrected chi connectivity index (χ1v) is 7.19. The van der Waals surface area contributed by atoms with Gasteiger partial charge in [-0.25, -0.2) is 4.39 Å². The van der Waals surface area contributed by atoms with Gasteiger partial charge in [-0.2, -0.15) is 5.10 Å². The van der Waals surface area contributed by atoms with Crippen molar-refractivity contribution in [2.75, 3.05) is 5.32 Å². The van der Waals surface area contributed by atoms with Crippen LogP contribution >= 0.6 is 11.6 Å². The Morgan fingerprint density at radius 2 is 2.05 bits per heavy atom. The normalized spacial score (nSPS) is 11.0. The summed E-state index contributed by atoms with van der Waals surface area (Å²) in [7, 11) is 0. The second kappa shape index (κ2) is 5.74. The molecule has 1 heterocycles. The third kappa shape index (κ3) is 2.85. The number of hydrogen-bond acceptors (Lipinski definition) is 2. The van der Waals surface area contributed by atoms with Gasteiger partial charge in [0.15, 0.2) is 0 Å². The summed E-state index contributed by atoms with van der Waals surface area (Å²) in [5, 5.41) is 9.25. The maximum Gasteiger partial charge on any atom is 0.126 e. The average Bonchev–Trinajstić information content (AvgIpc) is 2.82. The first-order valence-electron chi connectivity index (χ1n) is 6.82. The summed E-state index contributed by atoms with van der Waals surface area (Å²) in [6.45, 7) is 3.39. The fourth-order valence-corrected chi connectivity index (χ4v) is 2.63. The van der Waals surface area contributed by atoms with Gasteiger partial charge in [-0.15, -0.1) is 0 Å². The van der Waals surface area contributed by atoms with Crippen LogP contribution in [0.1, 0.15) is 12.6 Å². The molecule has 0 atom stereocenters. The molecular formula is C16H15ClFN3. The van der Waals surface area contributed by atoms with Crippen LogP contribution in [0.15, 0.2) is 42.5 Å². The molecule has 0 amide bonds. The fraction of sp³-hybridized carbons (Fsp3) is 0.188. The molecule has 0 radical (unpaired) electrons. The Hall–Kier alpha value is -2.07. The van der Waals surface area contributed by atoms with Crippen molar-refractivity contribution < 1.29 is 4.39 Å². The van der Waals surface area contributed by atoms with Gasteiger partial charge in [0, 0.05) is 22.6 Å². The highest BCUT2D eigenvalue weighted by Gasteiger charge is 2.09. The van der Waals surface area contributed by atoms with Gasteiger partial charge in [-0.05, 0) is 31.2 Å². The van der Waals surface area contributed by atoms with Gasteiger partial charge < -0.3 is 5.32 Å². The molecule has 1 N–H and O–H groups in total. The molecule has 0 aliphatic rings. The first kappa shape index (κ1) is 13.9. The minimum absolute atomic E-state index is 0.353. The smallest absolute Gasteiger partial charge is 0.126 e. The van der Waals surface area contributed by atoms with E-state index in [9.17, 15) is 4.39 Å². The summed E-state index contributed by atoms with van der Waals surface area (Å²) < 4.78 is 15.3. The van der Waals surface area contributed by atoms with Gasteiger partial charge >= 0.3 is 0 Å². The van der Waals surface area contributed by atoms with Gasteiger partial charge in [0.25, 0.3) is 0 Å². The van der Waals surface area contributed by atoms with Crippen LogP contribution in [-0.2, 0) is 13.1 Å². The van der Waals surface area contributed by atoms with Gasteiger partial charge in [0.2, 0.25) is 0 Å². The lowest BCUT2D eigenvalue weighted by Crippen LogP contribution is -2.02. The number of aromatic nitrogens is 2. The number of fused-ring (bicyclic) bond motifs is 1. The molecule has 0 saturated carbocycles. The van der Waals surface area contributed by atoms with E-state index in [1.807, 2.05) is 28.9 Å². The van der Waals surface area contributed by atoms with Crippen LogP contribution in [0, 0.1) is 5.82 Å². The zero-order valence-electron chi connectivity index (χ0n) is 11.6. The predicted octanol–water partition coefficient (Wildman–Crippen LogP) is 4.46. The summed E-state index contributed by atoms with van der Waals surface area (Å²) in [4.78, 5) is 0. The number of para-hydroxylation sites is 1. The highest BCUT2D eigenvalue weighted by atomic mass is 35.5. The Labute approximate surface area is 127 Å². The molecule has 3 nitrogen and oxygen atoms in total. The van der Waals surface area contributed by atoms with Gasteiger partial charge in [-0.3, -0.25) is 4.68 Å². The van der Waals surface area contributed by atoms with Crippen molar-refractivity contribution in [3.63, 3.8) is 0 Å². The predicted molar refractivity (Wildman–Crippen MR) is 84.1 cm³/mol. The van der Waals surface area contributed by atoms with Crippen LogP contribution in [0.5, 0.6) is 0 Å². The van der Waals surface area contributed by atoms with Crippen LogP contribution in [-0.4, -0.2) is 9.78 Å². The minimum atomic E-state index is -0.353. The second-order valence-electron chi connectivity index (χ2n) is 4.79. The van der Waals surface area contributed by atoms with Crippen molar-refractivity contribution in [3.8, 4) is 0 Å². The molecule has 0 fully saturated rings. The third-order valence-electron chi connectivity index (χ3n) is 3.36. The zero-order valence-corrected chi connectivity index (χ0v) is 12.4. The van der Waals surface area contributed by atoms with Crippen LogP contribution in [0.4, 0.5) is 10.1 Å². The van der Waals surface area contributed by atoms with Crippen molar-refractivity contribution in [1.82, 2.24) is 9.78 Å². The average molecular weight is 304 g/mol. The van der Waals surface area contributed by atoms with Crippen molar-refractivity contribution in [3.05, 3.63) is 59.0 Å². The van der Waals surface area contributed by atoms with E-state index in [2.05, 4.69) is 17.3 Å². The first-order chi connectivity index (χ1) is 10.2. The summed E-state index contributed by atoms with van der Waals surface area (Å²) in [6.07, 6.45) is 0. The number of rotatable bonds is 4. The van der Waals surface area contributed by atoms with Crippen LogP contribution in [0.2, 0.25) is 5.02 Å². The number of halogens is 2. The Morgan fingerprint density at radius 1 is 1.24 bits per heavy atom. The maximum atomic E-state index is 13.3. The molecule has 0 unspecified atom stereocenters. The van der Waals surface area contributed by atoms with Crippen LogP contribution in [0.3, 0.4) is 0 Å². The van der Waals surface area contributed by atoms with Crippen LogP contribution < -0.4 is 5.32 Å². The molecule has 5 heteroatoms. The molecule has 0 aliphatic carbocycles. The van der Waals surface area contributed by atoms with E-state index < -0.39 is 0 Å². The number of nitrogens with one attached hydrogen (secondary N) is 1. The lowest BCUT2D eigenvalue weighted by atomic mass is 10.2. The summed E-state index contributed by atoms with van der Waals surface area (Å²) >= 11 is 5.85. The minimum Gasteiger partial charge on any atom is -0.379 e. The summed E-state index contributed by atoms with van der Waals surface area (Å²) in [5.74, 6) is -0.353. The Kier molecular flexibility index (Phi) is 3.80. The number of aryl methyl sites for hydroxylation is 1. The Bertz CT molecular complexity index is 762. The SMILES string of the molecule is CCn1nc(CNc2cc(F)cc(Cl)c2)c2ccccc21. The van der Waals surface area contributed by atoms with Gasteiger partial charge in [0.05, 0.1) is 17.8 Å². The van der Waals surface area contributed by atoms with E-state index in [-0.39, 0.29) is 5.82 Å². The summed E-state index contributed by atoms with van der Waals surface area (Å²) in [6, 6.07) is 12.5. The fourth-order valence-electron chi connectivity index (χ4n) is 2.41. The molecule has 108 valence electrons. The zero-order chi connectivity index (χ0) is 14.8. The monoisotopic (exact) mass is 303 g/mol. The molecular weight excluding hydrogens is 289 g/mol. The molecule has 0 spiro atoms. The van der Waals surface area contributed by atoms with E-state index in [1.54, 1.807) is 6.07 Å². The van der Waals surface area contributed by atoms with E-state index in [0.29, 0.717) is 17.3 Å². The van der Waals surface area contributed by atoms with Crippen molar-refractivity contribution in [2.45, 2.75) is 20.0 Å². The van der Waals surface area contributed by atoms with Gasteiger partial charge in [0.1, 0.15) is 5.82 Å². The third-order valence-corrected chi connectivity index (χ3v) is 3.57. The highest BCUT2D eigenvalue weighted by molar-refractivity contribution is 6.30. The van der Waals surface area contributed by atoms with Crippen molar-refractivity contribution in [1.29, 1.82) is 0 Å². The largest absolute Gasteiger partial charge is 0.379 e. The van der Waals surface area contributed by atoms with E-state index in [4.69, 9.17) is 11.6 Å². The second-order valence-corrected chi connectivity index (χ2v) is 5.23. The summed E-state index contributed by atoms with van der Waals surface area (Å²) in [5.41, 5.74) is 2.69. The quantitative estimate of drug-likeness (QED) is 0.771. The standard InChI is InChI=1S/C16H15ClFN3/c1-2-21-16-6-4-3-5-14(16)15(20-21)10-19-13-8-11(17)7-12(18)9-13/h3-9,19H,2,10H2,1H3. The molecule has 2 aromatic carbocycles. The lowest BCUT2D eigenvalue weighted by molar-refractivity contribution is 0.628. The van der Waals surface area contributed by atoms with Crippen molar-refractivity contribution >= 4 is 28.2 Å². The highest BCUT2D eigenvalue weighted by Crippen LogP contribution is 2.21. The van der Waals surface area contributed by atoms with E-state index in [1.165, 1.54) is 12.1 Å². The number of nitrogens with zero attached hydrogens (tertiary/aromatic N) is 2. The molecule has 3 aromatic rings. The van der Waals surface area contributed by atoms with Gasteiger partial charge in [-0.1, -0.05) is 29.8 Å². The Balaban J connectivity index is 1.88. The number of benzene rings is 2. The van der Waals surface area contributed by atoms with E-state index >= 15 is 0 Å². The topological polar surface area (TPSA) is 29.9 Å². The number of anilines is 1. The lowest BCUT2D eigenvalue weighted by Gasteiger charge is -2.05. The number of hydrogen-bond donors (Lipinski definition) is 1. The molecule has 0 bridgehead atoms.